The lowest BCUT2D eigenvalue weighted by Gasteiger charge is -2.27. The van der Waals surface area contributed by atoms with Gasteiger partial charge in [0.05, 0.1) is 26.3 Å². The zero-order valence-corrected chi connectivity index (χ0v) is 15.2. The van der Waals surface area contributed by atoms with Crippen molar-refractivity contribution in [2.24, 2.45) is 4.99 Å². The lowest BCUT2D eigenvalue weighted by atomic mass is 10.2. The Kier molecular flexibility index (Phi) is 6.57. The van der Waals surface area contributed by atoms with Gasteiger partial charge in [-0.3, -0.25) is 0 Å². The molecule has 0 atom stereocenters. The minimum absolute atomic E-state index is 0.268. The number of halogens is 1. The van der Waals surface area contributed by atoms with Gasteiger partial charge in [-0.25, -0.2) is 0 Å². The van der Waals surface area contributed by atoms with Gasteiger partial charge >= 0.3 is 0 Å². The van der Waals surface area contributed by atoms with E-state index in [9.17, 15) is 0 Å². The van der Waals surface area contributed by atoms with E-state index in [-0.39, 0.29) is 13.8 Å². The third kappa shape index (κ3) is 5.28. The van der Waals surface area contributed by atoms with E-state index >= 15 is 0 Å². The number of benzene rings is 1. The fourth-order valence-corrected chi connectivity index (χ4v) is 2.29. The molecule has 0 unspecified atom stereocenters. The topological polar surface area (TPSA) is 21.6 Å². The molecule has 0 aliphatic heterocycles. The predicted octanol–water partition coefficient (Wildman–Crippen LogP) is 5.23. The highest BCUT2D eigenvalue weighted by Crippen LogP contribution is 2.30. The summed E-state index contributed by atoms with van der Waals surface area (Å²) in [5.41, 5.74) is 1.86. The van der Waals surface area contributed by atoms with Crippen molar-refractivity contribution in [3.05, 3.63) is 28.2 Å². The van der Waals surface area contributed by atoms with E-state index in [1.54, 1.807) is 0 Å². The van der Waals surface area contributed by atoms with Crippen LogP contribution in [-0.2, 0) is 11.3 Å². The molecular weight excluding hydrogens is 338 g/mol. The van der Waals surface area contributed by atoms with E-state index in [4.69, 9.17) is 4.74 Å². The highest BCUT2D eigenvalue weighted by atomic mass is 79.9. The van der Waals surface area contributed by atoms with E-state index in [1.165, 1.54) is 0 Å². The molecular formula is C14H19BrNOSSi. The second-order valence-corrected chi connectivity index (χ2v) is 9.80. The Morgan fingerprint density at radius 3 is 2.68 bits per heavy atom. The van der Waals surface area contributed by atoms with Crippen molar-refractivity contribution in [1.29, 1.82) is 0 Å². The van der Waals surface area contributed by atoms with Crippen molar-refractivity contribution in [3.63, 3.8) is 0 Å². The summed E-state index contributed by atoms with van der Waals surface area (Å²) in [5, 5.41) is 2.68. The number of hydrogen-bond donors (Lipinski definition) is 0. The highest BCUT2D eigenvalue weighted by Gasteiger charge is 2.23. The molecule has 0 bridgehead atoms. The Hall–Kier alpha value is -0.323. The van der Waals surface area contributed by atoms with Crippen LogP contribution in [0.2, 0.25) is 18.1 Å². The van der Waals surface area contributed by atoms with Crippen LogP contribution in [0.25, 0.3) is 0 Å². The van der Waals surface area contributed by atoms with Gasteiger partial charge in [-0.1, -0.05) is 42.9 Å². The Morgan fingerprint density at radius 1 is 1.42 bits per heavy atom. The SMILES string of the molecule is C[Si](C)C(C)(C)COCc1cc(Br)ccc1N=C=S. The van der Waals surface area contributed by atoms with E-state index in [0.29, 0.717) is 6.61 Å². The molecule has 1 rings (SSSR count). The molecule has 0 saturated carbocycles. The summed E-state index contributed by atoms with van der Waals surface area (Å²) >= 11 is 8.13. The molecule has 1 aromatic carbocycles. The number of thiocarbonyl (C=S) groups is 1. The zero-order valence-electron chi connectivity index (χ0n) is 11.8. The van der Waals surface area contributed by atoms with Crippen LogP contribution in [0.4, 0.5) is 5.69 Å². The molecule has 0 fully saturated rings. The first-order valence-electron chi connectivity index (χ1n) is 6.11. The van der Waals surface area contributed by atoms with Gasteiger partial charge in [0.1, 0.15) is 0 Å². The van der Waals surface area contributed by atoms with Crippen molar-refractivity contribution in [2.75, 3.05) is 6.61 Å². The number of hydrogen-bond acceptors (Lipinski definition) is 3. The van der Waals surface area contributed by atoms with Crippen LogP contribution in [0.15, 0.2) is 27.7 Å². The van der Waals surface area contributed by atoms with Crippen LogP contribution < -0.4 is 0 Å². The van der Waals surface area contributed by atoms with Crippen molar-refractivity contribution in [3.8, 4) is 0 Å². The first-order chi connectivity index (χ1) is 8.86. The van der Waals surface area contributed by atoms with Gasteiger partial charge in [0.15, 0.2) is 0 Å². The van der Waals surface area contributed by atoms with E-state index < -0.39 is 0 Å². The minimum atomic E-state index is -0.379. The molecule has 0 heterocycles. The number of nitrogens with zero attached hydrogens (tertiary/aromatic N) is 1. The first-order valence-corrected chi connectivity index (χ1v) is 9.81. The number of rotatable bonds is 6. The number of ether oxygens (including phenoxy) is 1. The average molecular weight is 357 g/mol. The highest BCUT2D eigenvalue weighted by molar-refractivity contribution is 9.10. The van der Waals surface area contributed by atoms with Gasteiger partial charge < -0.3 is 4.74 Å². The van der Waals surface area contributed by atoms with Crippen molar-refractivity contribution < 1.29 is 4.74 Å². The quantitative estimate of drug-likeness (QED) is 0.395. The van der Waals surface area contributed by atoms with Crippen LogP contribution >= 0.6 is 28.1 Å². The molecule has 19 heavy (non-hydrogen) atoms. The summed E-state index contributed by atoms with van der Waals surface area (Å²) in [4.78, 5) is 4.07. The molecule has 2 nitrogen and oxygen atoms in total. The zero-order chi connectivity index (χ0) is 14.5. The predicted molar refractivity (Wildman–Crippen MR) is 90.0 cm³/mol. The van der Waals surface area contributed by atoms with Crippen molar-refractivity contribution in [2.45, 2.75) is 38.6 Å². The summed E-state index contributed by atoms with van der Waals surface area (Å²) in [6.45, 7) is 10.5. The second-order valence-electron chi connectivity index (χ2n) is 5.35. The molecule has 1 aromatic rings. The summed E-state index contributed by atoms with van der Waals surface area (Å²) in [5.74, 6) is 0. The number of isothiocyanates is 1. The van der Waals surface area contributed by atoms with Gasteiger partial charge in [0, 0.05) is 16.6 Å². The third-order valence-electron chi connectivity index (χ3n) is 3.28. The van der Waals surface area contributed by atoms with Gasteiger partial charge in [0.25, 0.3) is 0 Å². The fourth-order valence-electron chi connectivity index (χ4n) is 1.39. The molecule has 0 amide bonds. The summed E-state index contributed by atoms with van der Waals surface area (Å²) in [6.07, 6.45) is 0. The molecule has 0 aliphatic rings. The summed E-state index contributed by atoms with van der Waals surface area (Å²) < 4.78 is 6.89. The van der Waals surface area contributed by atoms with Gasteiger partial charge in [0.2, 0.25) is 0 Å². The molecule has 0 spiro atoms. The lowest BCUT2D eigenvalue weighted by Crippen LogP contribution is -2.26. The standard InChI is InChI=1S/C14H19BrNOSSi/c1-14(2,19(3)4)9-17-8-11-7-12(15)5-6-13(11)16-10-18/h5-7H,8-9H2,1-4H3. The lowest BCUT2D eigenvalue weighted by molar-refractivity contribution is 0.101. The maximum Gasteiger partial charge on any atom is 0.0795 e. The minimum Gasteiger partial charge on any atom is -0.376 e. The smallest absolute Gasteiger partial charge is 0.0795 e. The van der Waals surface area contributed by atoms with Gasteiger partial charge in [-0.15, -0.1) is 0 Å². The maximum atomic E-state index is 5.87. The van der Waals surface area contributed by atoms with Crippen LogP contribution in [0, 0.1) is 0 Å². The van der Waals surface area contributed by atoms with Crippen LogP contribution in [0.3, 0.4) is 0 Å². The Balaban J connectivity index is 2.72. The Labute approximate surface area is 131 Å². The molecule has 0 saturated heterocycles. The monoisotopic (exact) mass is 356 g/mol. The molecule has 1 radical (unpaired) electrons. The second kappa shape index (κ2) is 7.46. The Morgan fingerprint density at radius 2 is 2.11 bits per heavy atom. The summed E-state index contributed by atoms with van der Waals surface area (Å²) in [7, 11) is -0.379. The number of aliphatic imine (C=N–C) groups is 1. The molecule has 0 aromatic heterocycles. The maximum absolute atomic E-state index is 5.87. The van der Waals surface area contributed by atoms with Crippen molar-refractivity contribution in [1.82, 2.24) is 0 Å². The molecule has 5 heteroatoms. The third-order valence-corrected chi connectivity index (χ3v) is 6.72. The van der Waals surface area contributed by atoms with E-state index in [1.807, 2.05) is 18.2 Å². The van der Waals surface area contributed by atoms with Crippen LogP contribution in [0.5, 0.6) is 0 Å². The van der Waals surface area contributed by atoms with Crippen molar-refractivity contribution >= 4 is 47.8 Å². The molecule has 103 valence electrons. The summed E-state index contributed by atoms with van der Waals surface area (Å²) in [6, 6.07) is 5.88. The largest absolute Gasteiger partial charge is 0.376 e. The van der Waals surface area contributed by atoms with Crippen LogP contribution in [0.1, 0.15) is 19.4 Å². The van der Waals surface area contributed by atoms with Crippen LogP contribution in [-0.4, -0.2) is 20.6 Å². The van der Waals surface area contributed by atoms with Gasteiger partial charge in [-0.2, -0.15) is 4.99 Å². The average Bonchev–Trinajstić information content (AvgIpc) is 2.32. The Bertz CT molecular complexity index is 484. The van der Waals surface area contributed by atoms with Gasteiger partial charge in [-0.05, 0) is 35.5 Å². The van der Waals surface area contributed by atoms with E-state index in [2.05, 4.69) is 65.2 Å². The fraction of sp³-hybridized carbons (Fsp3) is 0.500. The molecule has 0 aliphatic carbocycles. The first kappa shape index (κ1) is 16.7. The normalized spacial score (nSPS) is 11.5. The van der Waals surface area contributed by atoms with E-state index in [0.717, 1.165) is 22.3 Å². The molecule has 0 N–H and O–H groups in total.